The molecular formula is C10H20N2. The molecule has 2 atom stereocenters. The van der Waals surface area contributed by atoms with Crippen LogP contribution in [0.3, 0.4) is 0 Å². The average molecular weight is 168 g/mol. The largest absolute Gasteiger partial charge is 0.314 e. The lowest BCUT2D eigenvalue weighted by Crippen LogP contribution is -2.61. The number of nitrogens with zero attached hydrogens (tertiary/aromatic N) is 1. The number of rotatable bonds is 1. The van der Waals surface area contributed by atoms with E-state index in [9.17, 15) is 0 Å². The Labute approximate surface area is 75.3 Å². The molecule has 2 nitrogen and oxygen atoms in total. The van der Waals surface area contributed by atoms with Crippen molar-refractivity contribution in [3.63, 3.8) is 0 Å². The predicted molar refractivity (Wildman–Crippen MR) is 51.2 cm³/mol. The second-order valence-electron chi connectivity index (χ2n) is 4.53. The van der Waals surface area contributed by atoms with Gasteiger partial charge in [-0.15, -0.1) is 0 Å². The van der Waals surface area contributed by atoms with E-state index in [0.29, 0.717) is 0 Å². The Hall–Kier alpha value is -0.0800. The van der Waals surface area contributed by atoms with Crippen LogP contribution in [0.5, 0.6) is 0 Å². The normalized spacial score (nSPS) is 39.5. The Morgan fingerprint density at radius 2 is 2.00 bits per heavy atom. The highest BCUT2D eigenvalue weighted by Crippen LogP contribution is 2.24. The molecule has 0 aromatic rings. The van der Waals surface area contributed by atoms with E-state index in [1.807, 2.05) is 0 Å². The first-order valence-corrected chi connectivity index (χ1v) is 5.24. The molecule has 0 saturated carbocycles. The predicted octanol–water partition coefficient (Wildman–Crippen LogP) is 1.08. The summed E-state index contributed by atoms with van der Waals surface area (Å²) in [7, 11) is 0. The summed E-state index contributed by atoms with van der Waals surface area (Å²) in [6.45, 7) is 8.53. The fraction of sp³-hybridized carbons (Fsp3) is 1.00. The molecule has 70 valence electrons. The Balaban J connectivity index is 1.88. The fourth-order valence-electron chi connectivity index (χ4n) is 2.48. The van der Waals surface area contributed by atoms with Crippen molar-refractivity contribution in [2.24, 2.45) is 5.92 Å². The van der Waals surface area contributed by atoms with Crippen LogP contribution in [0.15, 0.2) is 0 Å². The molecule has 2 aliphatic heterocycles. The summed E-state index contributed by atoms with van der Waals surface area (Å²) < 4.78 is 0. The molecule has 0 aliphatic carbocycles. The summed E-state index contributed by atoms with van der Waals surface area (Å²) in [6.07, 6.45) is 2.80. The zero-order chi connectivity index (χ0) is 8.55. The zero-order valence-corrected chi connectivity index (χ0v) is 8.21. The number of nitrogens with one attached hydrogen (secondary N) is 1. The van der Waals surface area contributed by atoms with E-state index in [1.165, 1.54) is 32.5 Å². The lowest BCUT2D eigenvalue weighted by atomic mass is 9.91. The van der Waals surface area contributed by atoms with Crippen LogP contribution in [0.2, 0.25) is 0 Å². The summed E-state index contributed by atoms with van der Waals surface area (Å²) >= 11 is 0. The first-order valence-electron chi connectivity index (χ1n) is 5.24. The van der Waals surface area contributed by atoms with Gasteiger partial charge in [-0.1, -0.05) is 6.92 Å². The van der Waals surface area contributed by atoms with Crippen LogP contribution >= 0.6 is 0 Å². The van der Waals surface area contributed by atoms with Crippen LogP contribution < -0.4 is 5.32 Å². The molecular weight excluding hydrogens is 148 g/mol. The summed E-state index contributed by atoms with van der Waals surface area (Å²) in [5, 5.41) is 3.35. The van der Waals surface area contributed by atoms with Gasteiger partial charge in [0, 0.05) is 25.2 Å². The topological polar surface area (TPSA) is 15.3 Å². The van der Waals surface area contributed by atoms with Gasteiger partial charge >= 0.3 is 0 Å². The summed E-state index contributed by atoms with van der Waals surface area (Å²) in [5.41, 5.74) is 0. The summed E-state index contributed by atoms with van der Waals surface area (Å²) in [4.78, 5) is 2.69. The maximum atomic E-state index is 3.35. The van der Waals surface area contributed by atoms with Crippen LogP contribution in [0, 0.1) is 5.92 Å². The number of likely N-dealkylation sites (tertiary alicyclic amines) is 1. The quantitative estimate of drug-likeness (QED) is 0.630. The minimum absolute atomic E-state index is 0.820. The standard InChI is InChI=1S/C10H20N2/c1-8-3-4-12(9(2)5-8)10-6-11-7-10/h8-11H,3-7H2,1-2H3. The maximum Gasteiger partial charge on any atom is 0.0348 e. The number of hydrogen-bond acceptors (Lipinski definition) is 2. The Bertz CT molecular complexity index is 154. The van der Waals surface area contributed by atoms with Crippen LogP contribution in [0.4, 0.5) is 0 Å². The van der Waals surface area contributed by atoms with Crippen LogP contribution in [-0.4, -0.2) is 36.6 Å². The van der Waals surface area contributed by atoms with Gasteiger partial charge in [0.1, 0.15) is 0 Å². The zero-order valence-electron chi connectivity index (χ0n) is 8.21. The van der Waals surface area contributed by atoms with E-state index in [1.54, 1.807) is 0 Å². The van der Waals surface area contributed by atoms with Crippen molar-refractivity contribution in [2.75, 3.05) is 19.6 Å². The van der Waals surface area contributed by atoms with E-state index in [0.717, 1.165) is 18.0 Å². The second kappa shape index (κ2) is 3.35. The molecule has 0 aromatic heterocycles. The van der Waals surface area contributed by atoms with Gasteiger partial charge in [0.05, 0.1) is 0 Å². The molecule has 0 aromatic carbocycles. The van der Waals surface area contributed by atoms with Gasteiger partial charge in [-0.3, -0.25) is 4.90 Å². The summed E-state index contributed by atoms with van der Waals surface area (Å²) in [5.74, 6) is 0.948. The summed E-state index contributed by atoms with van der Waals surface area (Å²) in [6, 6.07) is 1.67. The molecule has 0 bridgehead atoms. The van der Waals surface area contributed by atoms with Crippen molar-refractivity contribution < 1.29 is 0 Å². The van der Waals surface area contributed by atoms with Gasteiger partial charge in [-0.2, -0.15) is 0 Å². The van der Waals surface area contributed by atoms with E-state index < -0.39 is 0 Å². The highest BCUT2D eigenvalue weighted by Gasteiger charge is 2.31. The molecule has 2 heterocycles. The number of piperidine rings is 1. The molecule has 2 unspecified atom stereocenters. The van der Waals surface area contributed by atoms with Gasteiger partial charge < -0.3 is 5.32 Å². The van der Waals surface area contributed by atoms with Gasteiger partial charge in [0.2, 0.25) is 0 Å². The third-order valence-electron chi connectivity index (χ3n) is 3.42. The van der Waals surface area contributed by atoms with Crippen molar-refractivity contribution in [1.29, 1.82) is 0 Å². The van der Waals surface area contributed by atoms with E-state index in [4.69, 9.17) is 0 Å². The van der Waals surface area contributed by atoms with Crippen molar-refractivity contribution in [1.82, 2.24) is 10.2 Å². The van der Waals surface area contributed by atoms with Crippen LogP contribution in [0.25, 0.3) is 0 Å². The SMILES string of the molecule is CC1CCN(C2CNC2)C(C)C1. The molecule has 1 N–H and O–H groups in total. The molecule has 0 spiro atoms. The average Bonchev–Trinajstić information content (AvgIpc) is 1.91. The molecule has 0 radical (unpaired) electrons. The minimum Gasteiger partial charge on any atom is -0.314 e. The highest BCUT2D eigenvalue weighted by atomic mass is 15.3. The second-order valence-corrected chi connectivity index (χ2v) is 4.53. The van der Waals surface area contributed by atoms with Crippen molar-refractivity contribution in [2.45, 2.75) is 38.8 Å². The molecule has 2 rings (SSSR count). The maximum absolute atomic E-state index is 3.35. The van der Waals surface area contributed by atoms with Crippen LogP contribution in [0.1, 0.15) is 26.7 Å². The lowest BCUT2D eigenvalue weighted by molar-refractivity contribution is 0.0557. The highest BCUT2D eigenvalue weighted by molar-refractivity contribution is 4.89. The van der Waals surface area contributed by atoms with Crippen LogP contribution in [-0.2, 0) is 0 Å². The van der Waals surface area contributed by atoms with Gasteiger partial charge in [0.25, 0.3) is 0 Å². The van der Waals surface area contributed by atoms with Gasteiger partial charge in [-0.25, -0.2) is 0 Å². The van der Waals surface area contributed by atoms with Crippen molar-refractivity contribution in [3.05, 3.63) is 0 Å². The first-order chi connectivity index (χ1) is 5.77. The Kier molecular flexibility index (Phi) is 2.37. The van der Waals surface area contributed by atoms with Crippen molar-refractivity contribution in [3.8, 4) is 0 Å². The lowest BCUT2D eigenvalue weighted by Gasteiger charge is -2.45. The Morgan fingerprint density at radius 3 is 2.50 bits per heavy atom. The first kappa shape index (κ1) is 8.52. The van der Waals surface area contributed by atoms with Gasteiger partial charge in [-0.05, 0) is 32.2 Å². The third-order valence-corrected chi connectivity index (χ3v) is 3.42. The monoisotopic (exact) mass is 168 g/mol. The minimum atomic E-state index is 0.820. The third kappa shape index (κ3) is 1.50. The molecule has 2 saturated heterocycles. The van der Waals surface area contributed by atoms with E-state index in [2.05, 4.69) is 24.1 Å². The molecule has 0 amide bonds. The van der Waals surface area contributed by atoms with Gasteiger partial charge in [0.15, 0.2) is 0 Å². The molecule has 12 heavy (non-hydrogen) atoms. The van der Waals surface area contributed by atoms with E-state index >= 15 is 0 Å². The number of hydrogen-bond donors (Lipinski definition) is 1. The fourth-order valence-corrected chi connectivity index (χ4v) is 2.48. The smallest absolute Gasteiger partial charge is 0.0348 e. The molecule has 2 aliphatic rings. The Morgan fingerprint density at radius 1 is 1.25 bits per heavy atom. The molecule has 2 heteroatoms. The van der Waals surface area contributed by atoms with E-state index in [-0.39, 0.29) is 0 Å². The van der Waals surface area contributed by atoms with Crippen molar-refractivity contribution >= 4 is 0 Å². The molecule has 2 fully saturated rings.